The highest BCUT2D eigenvalue weighted by atomic mass is 16.4. The average molecular weight is 229 g/mol. The first-order valence-corrected chi connectivity index (χ1v) is 6.42. The number of carboxylic acids is 1. The SMILES string of the molecule is CCCCCN(CC(C)C)CC(C)C(=O)O. The number of aliphatic carboxylic acids is 1. The Morgan fingerprint density at radius 2 is 1.81 bits per heavy atom. The fourth-order valence-electron chi connectivity index (χ4n) is 1.82. The van der Waals surface area contributed by atoms with Crippen molar-refractivity contribution in [2.45, 2.75) is 47.0 Å². The second kappa shape index (κ2) is 8.57. The summed E-state index contributed by atoms with van der Waals surface area (Å²) in [5, 5.41) is 8.91. The van der Waals surface area contributed by atoms with Gasteiger partial charge in [0.2, 0.25) is 0 Å². The molecule has 0 aliphatic carbocycles. The van der Waals surface area contributed by atoms with Gasteiger partial charge in [-0.05, 0) is 18.9 Å². The van der Waals surface area contributed by atoms with E-state index < -0.39 is 5.97 Å². The zero-order chi connectivity index (χ0) is 12.6. The summed E-state index contributed by atoms with van der Waals surface area (Å²) < 4.78 is 0. The second-order valence-corrected chi connectivity index (χ2v) is 5.10. The van der Waals surface area contributed by atoms with Gasteiger partial charge in [0.25, 0.3) is 0 Å². The molecule has 3 heteroatoms. The molecule has 0 heterocycles. The van der Waals surface area contributed by atoms with Crippen LogP contribution < -0.4 is 0 Å². The van der Waals surface area contributed by atoms with Crippen molar-refractivity contribution < 1.29 is 9.90 Å². The van der Waals surface area contributed by atoms with E-state index >= 15 is 0 Å². The number of hydrogen-bond donors (Lipinski definition) is 1. The fourth-order valence-corrected chi connectivity index (χ4v) is 1.82. The first-order chi connectivity index (χ1) is 7.47. The standard InChI is InChI=1S/C13H27NO2/c1-5-6-7-8-14(9-11(2)3)10-12(4)13(15)16/h11-12H,5-10H2,1-4H3,(H,15,16). The van der Waals surface area contributed by atoms with Gasteiger partial charge in [-0.1, -0.05) is 40.5 Å². The lowest BCUT2D eigenvalue weighted by Crippen LogP contribution is -2.35. The molecule has 0 aromatic rings. The lowest BCUT2D eigenvalue weighted by Gasteiger charge is -2.25. The molecule has 0 aliphatic rings. The van der Waals surface area contributed by atoms with Gasteiger partial charge in [0.15, 0.2) is 0 Å². The van der Waals surface area contributed by atoms with Crippen LogP contribution in [0.4, 0.5) is 0 Å². The van der Waals surface area contributed by atoms with E-state index in [1.807, 2.05) is 0 Å². The van der Waals surface area contributed by atoms with E-state index in [9.17, 15) is 4.79 Å². The number of hydrogen-bond acceptors (Lipinski definition) is 2. The van der Waals surface area contributed by atoms with Gasteiger partial charge in [-0.15, -0.1) is 0 Å². The average Bonchev–Trinajstić information content (AvgIpc) is 2.16. The zero-order valence-corrected chi connectivity index (χ0v) is 11.2. The molecule has 0 fully saturated rings. The van der Waals surface area contributed by atoms with Gasteiger partial charge >= 0.3 is 5.97 Å². The minimum Gasteiger partial charge on any atom is -0.481 e. The van der Waals surface area contributed by atoms with Crippen LogP contribution in [0.15, 0.2) is 0 Å². The van der Waals surface area contributed by atoms with Crippen LogP contribution in [0.1, 0.15) is 47.0 Å². The van der Waals surface area contributed by atoms with E-state index in [0.29, 0.717) is 12.5 Å². The Morgan fingerprint density at radius 3 is 2.25 bits per heavy atom. The summed E-state index contributed by atoms with van der Waals surface area (Å²) in [4.78, 5) is 13.1. The van der Waals surface area contributed by atoms with Crippen LogP contribution in [0.25, 0.3) is 0 Å². The Hall–Kier alpha value is -0.570. The monoisotopic (exact) mass is 229 g/mol. The summed E-state index contributed by atoms with van der Waals surface area (Å²) in [7, 11) is 0. The number of carbonyl (C=O) groups is 1. The third-order valence-electron chi connectivity index (χ3n) is 2.65. The second-order valence-electron chi connectivity index (χ2n) is 5.10. The molecule has 0 bridgehead atoms. The van der Waals surface area contributed by atoms with Gasteiger partial charge < -0.3 is 10.0 Å². The van der Waals surface area contributed by atoms with Crippen molar-refractivity contribution in [3.05, 3.63) is 0 Å². The van der Waals surface area contributed by atoms with E-state index in [0.717, 1.165) is 13.1 Å². The van der Waals surface area contributed by atoms with E-state index in [1.165, 1.54) is 19.3 Å². The van der Waals surface area contributed by atoms with Crippen LogP contribution in [-0.2, 0) is 4.79 Å². The van der Waals surface area contributed by atoms with Crippen molar-refractivity contribution >= 4 is 5.97 Å². The molecular weight excluding hydrogens is 202 g/mol. The van der Waals surface area contributed by atoms with Crippen LogP contribution in [0.3, 0.4) is 0 Å². The quantitative estimate of drug-likeness (QED) is 0.618. The minimum absolute atomic E-state index is 0.264. The Morgan fingerprint density at radius 1 is 1.19 bits per heavy atom. The number of unbranched alkanes of at least 4 members (excludes halogenated alkanes) is 2. The highest BCUT2D eigenvalue weighted by molar-refractivity contribution is 5.69. The topological polar surface area (TPSA) is 40.5 Å². The lowest BCUT2D eigenvalue weighted by molar-refractivity contribution is -0.141. The van der Waals surface area contributed by atoms with Crippen molar-refractivity contribution in [3.8, 4) is 0 Å². The summed E-state index contributed by atoms with van der Waals surface area (Å²) in [5.41, 5.74) is 0. The number of carboxylic acid groups (broad SMARTS) is 1. The van der Waals surface area contributed by atoms with Gasteiger partial charge in [-0.25, -0.2) is 0 Å². The summed E-state index contributed by atoms with van der Waals surface area (Å²) in [6.07, 6.45) is 3.62. The molecule has 1 unspecified atom stereocenters. The van der Waals surface area contributed by atoms with Crippen molar-refractivity contribution in [2.24, 2.45) is 11.8 Å². The molecule has 0 saturated heterocycles. The van der Waals surface area contributed by atoms with Crippen molar-refractivity contribution in [2.75, 3.05) is 19.6 Å². The number of nitrogens with zero attached hydrogens (tertiary/aromatic N) is 1. The van der Waals surface area contributed by atoms with Crippen molar-refractivity contribution in [1.82, 2.24) is 4.90 Å². The number of rotatable bonds is 9. The van der Waals surface area contributed by atoms with E-state index in [4.69, 9.17) is 5.11 Å². The Kier molecular flexibility index (Phi) is 8.26. The van der Waals surface area contributed by atoms with Crippen molar-refractivity contribution in [1.29, 1.82) is 0 Å². The first-order valence-electron chi connectivity index (χ1n) is 6.42. The van der Waals surface area contributed by atoms with E-state index in [1.54, 1.807) is 6.92 Å². The Labute approximate surface area is 99.8 Å². The Bertz CT molecular complexity index is 192. The molecule has 1 atom stereocenters. The van der Waals surface area contributed by atoms with E-state index in [-0.39, 0.29) is 5.92 Å². The smallest absolute Gasteiger partial charge is 0.307 e. The van der Waals surface area contributed by atoms with Crippen LogP contribution >= 0.6 is 0 Å². The predicted octanol–water partition coefficient (Wildman–Crippen LogP) is 2.86. The third-order valence-corrected chi connectivity index (χ3v) is 2.65. The Balaban J connectivity index is 4.03. The largest absolute Gasteiger partial charge is 0.481 e. The van der Waals surface area contributed by atoms with Crippen LogP contribution in [0.5, 0.6) is 0 Å². The van der Waals surface area contributed by atoms with Gasteiger partial charge in [-0.2, -0.15) is 0 Å². The van der Waals surface area contributed by atoms with Gasteiger partial charge in [-0.3, -0.25) is 4.79 Å². The van der Waals surface area contributed by atoms with Gasteiger partial charge in [0, 0.05) is 13.1 Å². The molecule has 16 heavy (non-hydrogen) atoms. The van der Waals surface area contributed by atoms with Crippen LogP contribution in [-0.4, -0.2) is 35.6 Å². The molecular formula is C13H27NO2. The summed E-state index contributed by atoms with van der Waals surface area (Å²) in [5.74, 6) is -0.354. The first kappa shape index (κ1) is 15.4. The van der Waals surface area contributed by atoms with Crippen molar-refractivity contribution in [3.63, 3.8) is 0 Å². The summed E-state index contributed by atoms with van der Waals surface area (Å²) in [6, 6.07) is 0. The maximum atomic E-state index is 10.8. The van der Waals surface area contributed by atoms with Gasteiger partial charge in [0.1, 0.15) is 0 Å². The zero-order valence-electron chi connectivity index (χ0n) is 11.2. The highest BCUT2D eigenvalue weighted by Gasteiger charge is 2.16. The van der Waals surface area contributed by atoms with E-state index in [2.05, 4.69) is 25.7 Å². The summed E-state index contributed by atoms with van der Waals surface area (Å²) >= 11 is 0. The van der Waals surface area contributed by atoms with Crippen LogP contribution in [0.2, 0.25) is 0 Å². The molecule has 0 amide bonds. The lowest BCUT2D eigenvalue weighted by atomic mass is 10.1. The predicted molar refractivity (Wildman–Crippen MR) is 67.6 cm³/mol. The molecule has 0 radical (unpaired) electrons. The van der Waals surface area contributed by atoms with Gasteiger partial charge in [0.05, 0.1) is 5.92 Å². The molecule has 0 aromatic heterocycles. The van der Waals surface area contributed by atoms with Crippen LogP contribution in [0, 0.1) is 11.8 Å². The molecule has 0 aliphatic heterocycles. The summed E-state index contributed by atoms with van der Waals surface area (Å²) in [6.45, 7) is 11.0. The molecule has 0 saturated carbocycles. The fraction of sp³-hybridized carbons (Fsp3) is 0.923. The maximum Gasteiger partial charge on any atom is 0.307 e. The molecule has 3 nitrogen and oxygen atoms in total. The molecule has 0 rings (SSSR count). The molecule has 0 aromatic carbocycles. The molecule has 1 N–H and O–H groups in total. The molecule has 96 valence electrons. The maximum absolute atomic E-state index is 10.8. The minimum atomic E-state index is -0.691. The third kappa shape index (κ3) is 7.69. The highest BCUT2D eigenvalue weighted by Crippen LogP contribution is 2.07. The molecule has 0 spiro atoms. The normalized spacial score (nSPS) is 13.4.